The minimum atomic E-state index is -0.266. The number of fused-ring (bicyclic) bond motifs is 2. The zero-order chi connectivity index (χ0) is 18.9. The number of ether oxygens (including phenoxy) is 1. The van der Waals surface area contributed by atoms with Crippen molar-refractivity contribution in [3.8, 4) is 10.6 Å². The second-order valence-corrected chi connectivity index (χ2v) is 7.94. The molecule has 5 rings (SSSR count). The molecule has 2 aromatic carbocycles. The SMILES string of the molecule is O=C(Cc1coc2cc3c(cc12)CCC3)OCc1csc(-c2ccccc2)n1. The van der Waals surface area contributed by atoms with Gasteiger partial charge in [-0.2, -0.15) is 0 Å². The molecular formula is C23H19NO3S. The van der Waals surface area contributed by atoms with E-state index in [2.05, 4.69) is 17.1 Å². The summed E-state index contributed by atoms with van der Waals surface area (Å²) in [7, 11) is 0. The minimum absolute atomic E-state index is 0.188. The molecule has 0 saturated heterocycles. The van der Waals surface area contributed by atoms with Crippen molar-refractivity contribution < 1.29 is 13.9 Å². The number of hydrogen-bond donors (Lipinski definition) is 0. The van der Waals surface area contributed by atoms with E-state index in [9.17, 15) is 4.79 Å². The van der Waals surface area contributed by atoms with Crippen LogP contribution in [0.25, 0.3) is 21.5 Å². The highest BCUT2D eigenvalue weighted by molar-refractivity contribution is 7.13. The Labute approximate surface area is 166 Å². The van der Waals surface area contributed by atoms with Gasteiger partial charge in [-0.1, -0.05) is 30.3 Å². The largest absolute Gasteiger partial charge is 0.464 e. The van der Waals surface area contributed by atoms with Crippen molar-refractivity contribution in [2.75, 3.05) is 0 Å². The molecule has 5 heteroatoms. The summed E-state index contributed by atoms with van der Waals surface area (Å²) in [4.78, 5) is 16.9. The molecule has 2 heterocycles. The minimum Gasteiger partial charge on any atom is -0.464 e. The van der Waals surface area contributed by atoms with Crippen LogP contribution in [0.2, 0.25) is 0 Å². The summed E-state index contributed by atoms with van der Waals surface area (Å²) in [5.74, 6) is -0.266. The predicted octanol–water partition coefficient (Wildman–Crippen LogP) is 5.33. The van der Waals surface area contributed by atoms with E-state index in [4.69, 9.17) is 9.15 Å². The van der Waals surface area contributed by atoms with Gasteiger partial charge in [-0.25, -0.2) is 4.98 Å². The first kappa shape index (κ1) is 17.2. The monoisotopic (exact) mass is 389 g/mol. The molecule has 0 unspecified atom stereocenters. The first-order valence-corrected chi connectivity index (χ1v) is 10.3. The lowest BCUT2D eigenvalue weighted by Crippen LogP contribution is -2.08. The third-order valence-corrected chi connectivity index (χ3v) is 6.10. The van der Waals surface area contributed by atoms with Crippen LogP contribution in [-0.4, -0.2) is 11.0 Å². The molecule has 0 atom stereocenters. The fourth-order valence-electron chi connectivity index (χ4n) is 3.73. The molecule has 0 radical (unpaired) electrons. The highest BCUT2D eigenvalue weighted by atomic mass is 32.1. The Balaban J connectivity index is 1.25. The molecule has 140 valence electrons. The molecule has 0 aliphatic heterocycles. The molecule has 0 amide bonds. The van der Waals surface area contributed by atoms with Gasteiger partial charge in [-0.05, 0) is 42.5 Å². The molecule has 0 saturated carbocycles. The summed E-state index contributed by atoms with van der Waals surface area (Å²) in [6.07, 6.45) is 5.30. The Morgan fingerprint density at radius 2 is 1.96 bits per heavy atom. The Bertz CT molecular complexity index is 1140. The maximum atomic E-state index is 12.3. The van der Waals surface area contributed by atoms with Crippen LogP contribution >= 0.6 is 11.3 Å². The molecule has 4 nitrogen and oxygen atoms in total. The van der Waals surface area contributed by atoms with Crippen LogP contribution < -0.4 is 0 Å². The molecule has 0 N–H and O–H groups in total. The van der Waals surface area contributed by atoms with Crippen molar-refractivity contribution in [2.24, 2.45) is 0 Å². The normalized spacial score (nSPS) is 13.0. The van der Waals surface area contributed by atoms with E-state index in [1.165, 1.54) is 17.5 Å². The van der Waals surface area contributed by atoms with Crippen LogP contribution in [0.5, 0.6) is 0 Å². The van der Waals surface area contributed by atoms with E-state index in [1.54, 1.807) is 17.6 Å². The predicted molar refractivity (Wildman–Crippen MR) is 109 cm³/mol. The van der Waals surface area contributed by atoms with E-state index >= 15 is 0 Å². The molecule has 1 aliphatic carbocycles. The number of rotatable bonds is 5. The number of carbonyl (C=O) groups excluding carboxylic acids is 1. The van der Waals surface area contributed by atoms with Crippen LogP contribution in [0.1, 0.15) is 28.8 Å². The lowest BCUT2D eigenvalue weighted by molar-refractivity contribution is -0.144. The Morgan fingerprint density at radius 1 is 1.14 bits per heavy atom. The van der Waals surface area contributed by atoms with Gasteiger partial charge < -0.3 is 9.15 Å². The summed E-state index contributed by atoms with van der Waals surface area (Å²) < 4.78 is 11.1. The number of hydrogen-bond acceptors (Lipinski definition) is 5. The maximum absolute atomic E-state index is 12.3. The Kier molecular flexibility index (Phi) is 4.45. The number of aromatic nitrogens is 1. The highest BCUT2D eigenvalue weighted by Crippen LogP contribution is 2.30. The average Bonchev–Trinajstić information content (AvgIpc) is 3.45. The number of aryl methyl sites for hydroxylation is 2. The maximum Gasteiger partial charge on any atom is 0.310 e. The van der Waals surface area contributed by atoms with Crippen LogP contribution in [0, 0.1) is 0 Å². The van der Waals surface area contributed by atoms with E-state index in [1.807, 2.05) is 35.7 Å². The summed E-state index contributed by atoms with van der Waals surface area (Å²) in [5, 5.41) is 3.89. The van der Waals surface area contributed by atoms with Crippen molar-refractivity contribution >= 4 is 28.3 Å². The smallest absolute Gasteiger partial charge is 0.310 e. The van der Waals surface area contributed by atoms with Crippen LogP contribution in [0.3, 0.4) is 0 Å². The third kappa shape index (κ3) is 3.34. The lowest BCUT2D eigenvalue weighted by Gasteiger charge is -2.03. The molecule has 0 fully saturated rings. The van der Waals surface area contributed by atoms with Crippen molar-refractivity contribution in [1.29, 1.82) is 0 Å². The van der Waals surface area contributed by atoms with Crippen molar-refractivity contribution in [1.82, 2.24) is 4.98 Å². The van der Waals surface area contributed by atoms with Gasteiger partial charge in [-0.15, -0.1) is 11.3 Å². The van der Waals surface area contributed by atoms with Gasteiger partial charge in [0.1, 0.15) is 17.2 Å². The number of esters is 1. The number of nitrogens with zero attached hydrogens (tertiary/aromatic N) is 1. The van der Waals surface area contributed by atoms with Gasteiger partial charge in [0.05, 0.1) is 18.4 Å². The van der Waals surface area contributed by atoms with Gasteiger partial charge >= 0.3 is 5.97 Å². The molecule has 2 aromatic heterocycles. The van der Waals surface area contributed by atoms with Crippen LogP contribution in [-0.2, 0) is 35.4 Å². The fraction of sp³-hybridized carbons (Fsp3) is 0.217. The van der Waals surface area contributed by atoms with Crippen molar-refractivity contribution in [3.05, 3.63) is 76.5 Å². The number of furan rings is 1. The molecule has 0 spiro atoms. The van der Waals surface area contributed by atoms with Crippen molar-refractivity contribution in [3.63, 3.8) is 0 Å². The third-order valence-electron chi connectivity index (χ3n) is 5.16. The second-order valence-electron chi connectivity index (χ2n) is 7.08. The van der Waals surface area contributed by atoms with Gasteiger partial charge in [0.25, 0.3) is 0 Å². The molecule has 1 aliphatic rings. The Morgan fingerprint density at radius 3 is 2.82 bits per heavy atom. The summed E-state index contributed by atoms with van der Waals surface area (Å²) in [6.45, 7) is 0.188. The highest BCUT2D eigenvalue weighted by Gasteiger charge is 2.17. The number of benzene rings is 2. The summed E-state index contributed by atoms with van der Waals surface area (Å²) in [6, 6.07) is 14.3. The van der Waals surface area contributed by atoms with E-state index in [0.717, 1.165) is 45.6 Å². The Hall–Kier alpha value is -2.92. The molecule has 4 aromatic rings. The summed E-state index contributed by atoms with van der Waals surface area (Å²) in [5.41, 5.74) is 6.33. The average molecular weight is 389 g/mol. The topological polar surface area (TPSA) is 52.3 Å². The van der Waals surface area contributed by atoms with Crippen molar-refractivity contribution in [2.45, 2.75) is 32.3 Å². The summed E-state index contributed by atoms with van der Waals surface area (Å²) >= 11 is 1.56. The van der Waals surface area contributed by atoms with Crippen LogP contribution in [0.15, 0.2) is 58.5 Å². The van der Waals surface area contributed by atoms with E-state index in [-0.39, 0.29) is 19.0 Å². The second kappa shape index (κ2) is 7.24. The quantitative estimate of drug-likeness (QED) is 0.433. The zero-order valence-electron chi connectivity index (χ0n) is 15.3. The van der Waals surface area contributed by atoms with Gasteiger partial charge in [0.2, 0.25) is 0 Å². The molecular weight excluding hydrogens is 370 g/mol. The van der Waals surface area contributed by atoms with E-state index < -0.39 is 0 Å². The first-order valence-electron chi connectivity index (χ1n) is 9.43. The standard InChI is InChI=1S/C23H19NO3S/c25-22(27-13-19-14-28-23(24-19)15-5-2-1-3-6-15)11-18-12-26-21-10-17-8-4-7-16(17)9-20(18)21/h1-3,5-6,9-10,12,14H,4,7-8,11,13H2. The molecule has 0 bridgehead atoms. The lowest BCUT2D eigenvalue weighted by atomic mass is 10.0. The number of thiazole rings is 1. The molecule has 28 heavy (non-hydrogen) atoms. The zero-order valence-corrected chi connectivity index (χ0v) is 16.1. The van der Waals surface area contributed by atoms with Crippen LogP contribution in [0.4, 0.5) is 0 Å². The van der Waals surface area contributed by atoms with Gasteiger partial charge in [0, 0.05) is 21.9 Å². The van der Waals surface area contributed by atoms with Gasteiger partial charge in [0.15, 0.2) is 0 Å². The first-order chi connectivity index (χ1) is 13.8. The number of carbonyl (C=O) groups is 1. The van der Waals surface area contributed by atoms with Gasteiger partial charge in [-0.3, -0.25) is 4.79 Å². The van der Waals surface area contributed by atoms with E-state index in [0.29, 0.717) is 0 Å². The fourth-order valence-corrected chi connectivity index (χ4v) is 4.54.